The van der Waals surface area contributed by atoms with Gasteiger partial charge in [0.25, 0.3) is 0 Å². The lowest BCUT2D eigenvalue weighted by Crippen LogP contribution is -1.97. The van der Waals surface area contributed by atoms with E-state index in [1.54, 1.807) is 0 Å². The molecule has 0 bridgehead atoms. The minimum atomic E-state index is 0.690. The molecule has 0 saturated carbocycles. The zero-order valence-electron chi connectivity index (χ0n) is 28.8. The van der Waals surface area contributed by atoms with E-state index in [1.807, 2.05) is 18.2 Å². The van der Waals surface area contributed by atoms with Crippen LogP contribution < -0.4 is 0 Å². The van der Waals surface area contributed by atoms with E-state index in [4.69, 9.17) is 14.4 Å². The predicted molar refractivity (Wildman–Crippen MR) is 219 cm³/mol. The van der Waals surface area contributed by atoms with Crippen LogP contribution in [0.1, 0.15) is 0 Å². The van der Waals surface area contributed by atoms with Gasteiger partial charge in [0.15, 0.2) is 5.82 Å². The van der Waals surface area contributed by atoms with Crippen molar-refractivity contribution < 1.29 is 4.42 Å². The lowest BCUT2D eigenvalue weighted by atomic mass is 9.92. The topological polar surface area (TPSA) is 38.9 Å². The van der Waals surface area contributed by atoms with Gasteiger partial charge in [-0.1, -0.05) is 158 Å². The Morgan fingerprint density at radius 1 is 0.321 bits per heavy atom. The second-order valence-electron chi connectivity index (χ2n) is 13.4. The zero-order chi connectivity index (χ0) is 35.1. The molecule has 0 radical (unpaired) electrons. The van der Waals surface area contributed by atoms with Crippen molar-refractivity contribution in [3.8, 4) is 67.3 Å². The highest BCUT2D eigenvalue weighted by Gasteiger charge is 2.17. The molecule has 0 fully saturated rings. The Kier molecular flexibility index (Phi) is 7.47. The highest BCUT2D eigenvalue weighted by Crippen LogP contribution is 2.40. The van der Waals surface area contributed by atoms with Gasteiger partial charge in [0.1, 0.15) is 11.2 Å². The first-order chi connectivity index (χ1) is 26.2. The van der Waals surface area contributed by atoms with Gasteiger partial charge in [0, 0.05) is 33.0 Å². The molecule has 0 spiro atoms. The van der Waals surface area contributed by atoms with E-state index in [9.17, 15) is 0 Å². The average molecular weight is 677 g/mol. The van der Waals surface area contributed by atoms with Gasteiger partial charge in [-0.15, -0.1) is 0 Å². The molecule has 0 aliphatic heterocycles. The van der Waals surface area contributed by atoms with Gasteiger partial charge in [-0.3, -0.25) is 0 Å². The summed E-state index contributed by atoms with van der Waals surface area (Å²) in [6, 6.07) is 68.0. The maximum absolute atomic E-state index is 6.58. The van der Waals surface area contributed by atoms with Crippen LogP contribution in [0.15, 0.2) is 199 Å². The van der Waals surface area contributed by atoms with E-state index in [0.29, 0.717) is 5.82 Å². The van der Waals surface area contributed by atoms with Crippen LogP contribution in [0.4, 0.5) is 0 Å². The molecule has 2 heterocycles. The summed E-state index contributed by atoms with van der Waals surface area (Å²) in [6.45, 7) is 0. The van der Waals surface area contributed by atoms with Crippen molar-refractivity contribution in [3.05, 3.63) is 194 Å². The molecule has 0 atom stereocenters. The molecule has 0 aliphatic rings. The fourth-order valence-electron chi connectivity index (χ4n) is 7.47. The second-order valence-corrected chi connectivity index (χ2v) is 13.4. The standard InChI is InChI=1S/C50H32N2O/c1-3-14-33(15-4-1)36-20-11-21-37(28-36)38-29-39(42-24-13-25-44-43-23-9-10-27-48(43)53-49(42)44)31-40(30-38)47-32-46(35-17-5-2-6-18-35)51-50(52-47)45-26-12-19-34-16-7-8-22-41(34)45/h1-32H. The van der Waals surface area contributed by atoms with Gasteiger partial charge in [0.2, 0.25) is 0 Å². The van der Waals surface area contributed by atoms with Crippen LogP contribution in [0.25, 0.3) is 100.0 Å². The minimum absolute atomic E-state index is 0.690. The lowest BCUT2D eigenvalue weighted by Gasteiger charge is -2.14. The summed E-state index contributed by atoms with van der Waals surface area (Å²) in [4.78, 5) is 10.5. The SMILES string of the molecule is c1ccc(-c2cccc(-c3cc(-c4cc(-c5ccccc5)nc(-c5cccc6ccccc56)n4)cc(-c4cccc5c4oc4ccccc45)c3)c2)cc1. The van der Waals surface area contributed by atoms with Crippen LogP contribution in [0.2, 0.25) is 0 Å². The number of hydrogen-bond acceptors (Lipinski definition) is 3. The van der Waals surface area contributed by atoms with Crippen LogP contribution in [0.5, 0.6) is 0 Å². The first-order valence-electron chi connectivity index (χ1n) is 17.9. The molecule has 0 amide bonds. The highest BCUT2D eigenvalue weighted by atomic mass is 16.3. The molecule has 2 aromatic heterocycles. The quantitative estimate of drug-likeness (QED) is 0.176. The van der Waals surface area contributed by atoms with E-state index < -0.39 is 0 Å². The molecule has 0 N–H and O–H groups in total. The van der Waals surface area contributed by atoms with Crippen molar-refractivity contribution in [1.29, 1.82) is 0 Å². The summed E-state index contributed by atoms with van der Waals surface area (Å²) in [5, 5.41) is 4.48. The Bertz CT molecular complexity index is 2940. The number of furan rings is 1. The zero-order valence-corrected chi connectivity index (χ0v) is 28.8. The van der Waals surface area contributed by atoms with Crippen molar-refractivity contribution in [2.24, 2.45) is 0 Å². The van der Waals surface area contributed by atoms with Gasteiger partial charge in [0.05, 0.1) is 11.4 Å². The number of fused-ring (bicyclic) bond motifs is 4. The third kappa shape index (κ3) is 5.65. The summed E-state index contributed by atoms with van der Waals surface area (Å²) in [7, 11) is 0. The molecule has 8 aromatic carbocycles. The third-order valence-electron chi connectivity index (χ3n) is 10.1. The molecule has 248 valence electrons. The second kappa shape index (κ2) is 12.9. The Labute approximate surface area is 307 Å². The summed E-state index contributed by atoms with van der Waals surface area (Å²) in [5.74, 6) is 0.690. The van der Waals surface area contributed by atoms with Gasteiger partial charge in [-0.25, -0.2) is 9.97 Å². The average Bonchev–Trinajstić information content (AvgIpc) is 3.63. The molecule has 0 saturated heterocycles. The largest absolute Gasteiger partial charge is 0.455 e. The number of benzene rings is 8. The van der Waals surface area contributed by atoms with E-state index in [-0.39, 0.29) is 0 Å². The number of nitrogens with zero attached hydrogens (tertiary/aromatic N) is 2. The molecular weight excluding hydrogens is 645 g/mol. The summed E-state index contributed by atoms with van der Waals surface area (Å²) in [5.41, 5.74) is 13.2. The van der Waals surface area contributed by atoms with Gasteiger partial charge < -0.3 is 4.42 Å². The first-order valence-corrected chi connectivity index (χ1v) is 17.9. The van der Waals surface area contributed by atoms with Crippen LogP contribution in [0.3, 0.4) is 0 Å². The van der Waals surface area contributed by atoms with Crippen molar-refractivity contribution in [2.45, 2.75) is 0 Å². The normalized spacial score (nSPS) is 11.4. The van der Waals surface area contributed by atoms with E-state index in [2.05, 4.69) is 176 Å². The maximum atomic E-state index is 6.58. The number of para-hydroxylation sites is 2. The third-order valence-corrected chi connectivity index (χ3v) is 10.1. The number of aromatic nitrogens is 2. The van der Waals surface area contributed by atoms with Crippen molar-refractivity contribution in [2.75, 3.05) is 0 Å². The molecule has 10 rings (SSSR count). The highest BCUT2D eigenvalue weighted by molar-refractivity contribution is 6.10. The number of rotatable bonds is 6. The Morgan fingerprint density at radius 3 is 1.68 bits per heavy atom. The lowest BCUT2D eigenvalue weighted by molar-refractivity contribution is 0.670. The fraction of sp³-hybridized carbons (Fsp3) is 0. The fourth-order valence-corrected chi connectivity index (χ4v) is 7.47. The Morgan fingerprint density at radius 2 is 0.849 bits per heavy atom. The van der Waals surface area contributed by atoms with Crippen molar-refractivity contribution >= 4 is 32.7 Å². The van der Waals surface area contributed by atoms with Gasteiger partial charge in [-0.05, 0) is 75.0 Å². The van der Waals surface area contributed by atoms with Crippen molar-refractivity contribution in [3.63, 3.8) is 0 Å². The summed E-state index contributed by atoms with van der Waals surface area (Å²) in [6.07, 6.45) is 0. The van der Waals surface area contributed by atoms with Crippen LogP contribution in [-0.2, 0) is 0 Å². The van der Waals surface area contributed by atoms with E-state index in [1.165, 1.54) is 11.1 Å². The van der Waals surface area contributed by atoms with E-state index in [0.717, 1.165) is 83.0 Å². The van der Waals surface area contributed by atoms with Crippen molar-refractivity contribution in [1.82, 2.24) is 9.97 Å². The monoisotopic (exact) mass is 676 g/mol. The summed E-state index contributed by atoms with van der Waals surface area (Å²) >= 11 is 0. The Balaban J connectivity index is 1.23. The predicted octanol–water partition coefficient (Wildman–Crippen LogP) is 13.5. The molecule has 3 nitrogen and oxygen atoms in total. The molecule has 3 heteroatoms. The first kappa shape index (κ1) is 30.7. The van der Waals surface area contributed by atoms with Crippen LogP contribution in [0, 0.1) is 0 Å². The maximum Gasteiger partial charge on any atom is 0.161 e. The molecule has 0 unspecified atom stereocenters. The smallest absolute Gasteiger partial charge is 0.161 e. The van der Waals surface area contributed by atoms with Crippen LogP contribution >= 0.6 is 0 Å². The molecule has 53 heavy (non-hydrogen) atoms. The van der Waals surface area contributed by atoms with Crippen LogP contribution in [-0.4, -0.2) is 9.97 Å². The molecular formula is C50H32N2O. The summed E-state index contributed by atoms with van der Waals surface area (Å²) < 4.78 is 6.58. The van der Waals surface area contributed by atoms with E-state index >= 15 is 0 Å². The molecule has 0 aliphatic carbocycles. The van der Waals surface area contributed by atoms with Gasteiger partial charge >= 0.3 is 0 Å². The number of hydrogen-bond donors (Lipinski definition) is 0. The molecule has 10 aromatic rings. The van der Waals surface area contributed by atoms with Gasteiger partial charge in [-0.2, -0.15) is 0 Å². The Hall–Kier alpha value is -7.10. The minimum Gasteiger partial charge on any atom is -0.455 e.